The molecular weight excluding hydrogens is 236 g/mol. The highest BCUT2D eigenvalue weighted by Crippen LogP contribution is 2.31. The van der Waals surface area contributed by atoms with Gasteiger partial charge in [0.05, 0.1) is 11.3 Å². The zero-order chi connectivity index (χ0) is 11.8. The second kappa shape index (κ2) is 4.08. The molecule has 0 saturated carbocycles. The minimum atomic E-state index is -0.277. The number of nitrogens with one attached hydrogen (secondary N) is 1. The minimum Gasteiger partial charge on any atom is -0.367 e. The summed E-state index contributed by atoms with van der Waals surface area (Å²) in [5.41, 5.74) is 0.933. The third kappa shape index (κ3) is 1.71. The van der Waals surface area contributed by atoms with Gasteiger partial charge in [-0.15, -0.1) is 11.6 Å². The molecule has 1 saturated heterocycles. The fraction of sp³-hybridized carbons (Fsp3) is 0.308. The molecular formula is C13H13ClN2O. The number of hydrogen-bond acceptors (Lipinski definition) is 2. The Morgan fingerprint density at radius 1 is 1.35 bits per heavy atom. The summed E-state index contributed by atoms with van der Waals surface area (Å²) < 4.78 is 0. The van der Waals surface area contributed by atoms with Crippen LogP contribution in [0.3, 0.4) is 0 Å². The standard InChI is InChI=1S/C13H13ClN2O/c14-9-5-4-6-10-12(9)13(17)16-8-3-1-2-7-11(16)15-10/h1-6,8-9,11-12,15H,7H2. The number of amides is 1. The molecule has 3 aliphatic rings. The monoisotopic (exact) mass is 248 g/mol. The van der Waals surface area contributed by atoms with Gasteiger partial charge in [0.25, 0.3) is 0 Å². The van der Waals surface area contributed by atoms with Gasteiger partial charge in [0.15, 0.2) is 0 Å². The molecule has 0 radical (unpaired) electrons. The van der Waals surface area contributed by atoms with E-state index < -0.39 is 0 Å². The quantitative estimate of drug-likeness (QED) is 0.664. The second-order valence-electron chi connectivity index (χ2n) is 4.34. The maximum absolute atomic E-state index is 12.4. The Hall–Kier alpha value is -1.48. The summed E-state index contributed by atoms with van der Waals surface area (Å²) in [7, 11) is 0. The van der Waals surface area contributed by atoms with Crippen LogP contribution < -0.4 is 5.32 Å². The lowest BCUT2D eigenvalue weighted by molar-refractivity contribution is -0.136. The van der Waals surface area contributed by atoms with Crippen LogP contribution in [0.1, 0.15) is 6.42 Å². The Bertz CT molecular complexity index is 464. The van der Waals surface area contributed by atoms with E-state index in [-0.39, 0.29) is 23.4 Å². The smallest absolute Gasteiger partial charge is 0.239 e. The highest BCUT2D eigenvalue weighted by Gasteiger charge is 2.40. The van der Waals surface area contributed by atoms with Crippen molar-refractivity contribution in [2.75, 3.05) is 0 Å². The molecule has 3 atom stereocenters. The van der Waals surface area contributed by atoms with Crippen LogP contribution in [-0.2, 0) is 4.79 Å². The number of alkyl halides is 1. The molecule has 2 heterocycles. The Balaban J connectivity index is 1.96. The summed E-state index contributed by atoms with van der Waals surface area (Å²) in [6.45, 7) is 0. The van der Waals surface area contributed by atoms with E-state index in [1.165, 1.54) is 0 Å². The van der Waals surface area contributed by atoms with Gasteiger partial charge in [0.2, 0.25) is 5.91 Å². The third-order valence-corrected chi connectivity index (χ3v) is 3.66. The number of halogens is 1. The topological polar surface area (TPSA) is 32.3 Å². The van der Waals surface area contributed by atoms with Crippen molar-refractivity contribution in [2.45, 2.75) is 18.0 Å². The lowest BCUT2D eigenvalue weighted by Gasteiger charge is -2.41. The van der Waals surface area contributed by atoms with Gasteiger partial charge >= 0.3 is 0 Å². The van der Waals surface area contributed by atoms with E-state index in [4.69, 9.17) is 11.6 Å². The van der Waals surface area contributed by atoms with Crippen LogP contribution in [0.5, 0.6) is 0 Å². The van der Waals surface area contributed by atoms with Gasteiger partial charge in [-0.25, -0.2) is 0 Å². The largest absolute Gasteiger partial charge is 0.367 e. The minimum absolute atomic E-state index is 0.00960. The maximum atomic E-state index is 12.4. The van der Waals surface area contributed by atoms with Crippen LogP contribution in [-0.4, -0.2) is 22.3 Å². The number of nitrogens with zero attached hydrogens (tertiary/aromatic N) is 1. The van der Waals surface area contributed by atoms with Crippen LogP contribution >= 0.6 is 11.6 Å². The molecule has 0 aromatic carbocycles. The number of carbonyl (C=O) groups excluding carboxylic acids is 1. The molecule has 88 valence electrons. The van der Waals surface area contributed by atoms with Crippen molar-refractivity contribution in [1.29, 1.82) is 0 Å². The molecule has 3 rings (SSSR count). The number of hydrogen-bond donors (Lipinski definition) is 1. The fourth-order valence-corrected chi connectivity index (χ4v) is 2.74. The molecule has 1 N–H and O–H groups in total. The van der Waals surface area contributed by atoms with Crippen molar-refractivity contribution >= 4 is 17.5 Å². The van der Waals surface area contributed by atoms with Crippen LogP contribution in [0.15, 0.2) is 48.4 Å². The van der Waals surface area contributed by atoms with Gasteiger partial charge in [0.1, 0.15) is 6.17 Å². The van der Waals surface area contributed by atoms with Crippen molar-refractivity contribution in [3.63, 3.8) is 0 Å². The zero-order valence-electron chi connectivity index (χ0n) is 9.21. The van der Waals surface area contributed by atoms with Crippen molar-refractivity contribution in [1.82, 2.24) is 10.2 Å². The van der Waals surface area contributed by atoms with Gasteiger partial charge in [-0.1, -0.05) is 24.3 Å². The number of carbonyl (C=O) groups is 1. The predicted molar refractivity (Wildman–Crippen MR) is 67.0 cm³/mol. The lowest BCUT2D eigenvalue weighted by atomic mass is 9.91. The van der Waals surface area contributed by atoms with E-state index in [1.807, 2.05) is 36.6 Å². The van der Waals surface area contributed by atoms with Gasteiger partial charge in [-0.05, 0) is 12.2 Å². The van der Waals surface area contributed by atoms with Gasteiger partial charge in [-0.3, -0.25) is 9.69 Å². The SMILES string of the molecule is O=C1C2C(=CC=CC2Cl)NC2CC=CC=CN12. The second-order valence-corrected chi connectivity index (χ2v) is 4.84. The highest BCUT2D eigenvalue weighted by molar-refractivity contribution is 6.24. The van der Waals surface area contributed by atoms with Gasteiger partial charge < -0.3 is 5.32 Å². The van der Waals surface area contributed by atoms with Crippen molar-refractivity contribution < 1.29 is 4.79 Å². The average molecular weight is 249 g/mol. The first-order valence-corrected chi connectivity index (χ1v) is 6.15. The summed E-state index contributed by atoms with van der Waals surface area (Å²) >= 11 is 6.20. The summed E-state index contributed by atoms with van der Waals surface area (Å²) in [4.78, 5) is 14.2. The molecule has 2 aliphatic heterocycles. The average Bonchev–Trinajstić information content (AvgIpc) is 2.54. The molecule has 0 spiro atoms. The predicted octanol–water partition coefficient (Wildman–Crippen LogP) is 1.90. The van der Waals surface area contributed by atoms with Crippen molar-refractivity contribution in [3.8, 4) is 0 Å². The Kier molecular flexibility index (Phi) is 2.56. The van der Waals surface area contributed by atoms with Crippen molar-refractivity contribution in [2.24, 2.45) is 5.92 Å². The third-order valence-electron chi connectivity index (χ3n) is 3.27. The highest BCUT2D eigenvalue weighted by atomic mass is 35.5. The fourth-order valence-electron chi connectivity index (χ4n) is 2.41. The molecule has 0 aromatic heterocycles. The molecule has 1 aliphatic carbocycles. The van der Waals surface area contributed by atoms with E-state index in [2.05, 4.69) is 11.4 Å². The van der Waals surface area contributed by atoms with E-state index in [0.717, 1.165) is 12.1 Å². The normalized spacial score (nSPS) is 34.6. The Labute approximate surface area is 105 Å². The van der Waals surface area contributed by atoms with E-state index in [1.54, 1.807) is 4.90 Å². The summed E-state index contributed by atoms with van der Waals surface area (Å²) in [6.07, 6.45) is 14.2. The Morgan fingerprint density at radius 3 is 3.12 bits per heavy atom. The Morgan fingerprint density at radius 2 is 2.24 bits per heavy atom. The van der Waals surface area contributed by atoms with Crippen LogP contribution in [0.4, 0.5) is 0 Å². The number of rotatable bonds is 0. The molecule has 17 heavy (non-hydrogen) atoms. The number of allylic oxidation sites excluding steroid dienone is 5. The van der Waals surface area contributed by atoms with E-state index in [9.17, 15) is 4.79 Å². The summed E-state index contributed by atoms with van der Waals surface area (Å²) in [6, 6.07) is 0. The maximum Gasteiger partial charge on any atom is 0.239 e. The first kappa shape index (κ1) is 10.7. The van der Waals surface area contributed by atoms with Crippen LogP contribution in [0, 0.1) is 5.92 Å². The molecule has 1 amide bonds. The van der Waals surface area contributed by atoms with Gasteiger partial charge in [-0.2, -0.15) is 0 Å². The molecule has 4 heteroatoms. The molecule has 0 bridgehead atoms. The zero-order valence-corrected chi connectivity index (χ0v) is 9.97. The van der Waals surface area contributed by atoms with Crippen LogP contribution in [0.25, 0.3) is 0 Å². The van der Waals surface area contributed by atoms with Gasteiger partial charge in [0, 0.05) is 18.3 Å². The van der Waals surface area contributed by atoms with E-state index >= 15 is 0 Å². The molecule has 1 fully saturated rings. The molecule has 0 aromatic rings. The number of fused-ring (bicyclic) bond motifs is 2. The first-order chi connectivity index (χ1) is 8.27. The first-order valence-electron chi connectivity index (χ1n) is 5.72. The molecule has 3 unspecified atom stereocenters. The summed E-state index contributed by atoms with van der Waals surface area (Å²) in [5, 5.41) is 3.12. The van der Waals surface area contributed by atoms with E-state index in [0.29, 0.717) is 0 Å². The van der Waals surface area contributed by atoms with Crippen LogP contribution in [0.2, 0.25) is 0 Å². The summed E-state index contributed by atoms with van der Waals surface area (Å²) in [5.74, 6) is -0.204. The lowest BCUT2D eigenvalue weighted by Crippen LogP contribution is -2.56. The molecule has 3 nitrogen and oxygen atoms in total. The van der Waals surface area contributed by atoms with Crippen molar-refractivity contribution in [3.05, 3.63) is 48.4 Å².